The number of carbonyl (C=O) groups is 1. The van der Waals surface area contributed by atoms with Gasteiger partial charge in [0.15, 0.2) is 0 Å². The van der Waals surface area contributed by atoms with Gasteiger partial charge in [-0.2, -0.15) is 11.8 Å². The lowest BCUT2D eigenvalue weighted by Crippen LogP contribution is -2.04. The first kappa shape index (κ1) is 15.6. The maximum absolute atomic E-state index is 11.4. The summed E-state index contributed by atoms with van der Waals surface area (Å²) in [6.07, 6.45) is 3.19. The van der Waals surface area contributed by atoms with E-state index in [1.807, 2.05) is 31.2 Å². The number of benzene rings is 1. The van der Waals surface area contributed by atoms with Crippen LogP contribution < -0.4 is 4.74 Å². The van der Waals surface area contributed by atoms with Gasteiger partial charge in [-0.1, -0.05) is 19.1 Å². The molecule has 3 nitrogen and oxygen atoms in total. The molecule has 0 bridgehead atoms. The predicted molar refractivity (Wildman–Crippen MR) is 80.6 cm³/mol. The van der Waals surface area contributed by atoms with Gasteiger partial charge in [-0.25, -0.2) is 4.79 Å². The van der Waals surface area contributed by atoms with Gasteiger partial charge in [0.05, 0.1) is 6.61 Å². The van der Waals surface area contributed by atoms with Crippen molar-refractivity contribution in [2.45, 2.75) is 13.8 Å². The summed E-state index contributed by atoms with van der Waals surface area (Å²) in [5, 5.41) is 0. The van der Waals surface area contributed by atoms with Crippen LogP contribution in [-0.2, 0) is 9.53 Å². The number of carbonyl (C=O) groups excluding carboxylic acids is 1. The Bertz CT molecular complexity index is 398. The molecule has 0 unspecified atom stereocenters. The van der Waals surface area contributed by atoms with E-state index in [4.69, 9.17) is 9.47 Å². The molecule has 0 aromatic heterocycles. The Balaban J connectivity index is 2.36. The van der Waals surface area contributed by atoms with Crippen molar-refractivity contribution >= 4 is 23.8 Å². The van der Waals surface area contributed by atoms with Crippen LogP contribution in [0.25, 0.3) is 6.08 Å². The molecule has 0 aliphatic heterocycles. The number of hydrogen-bond acceptors (Lipinski definition) is 4. The number of rotatable bonds is 8. The van der Waals surface area contributed by atoms with Gasteiger partial charge in [0.2, 0.25) is 0 Å². The third-order valence-electron chi connectivity index (χ3n) is 2.28. The van der Waals surface area contributed by atoms with Crippen LogP contribution in [-0.4, -0.2) is 30.7 Å². The molecule has 1 rings (SSSR count). The van der Waals surface area contributed by atoms with E-state index >= 15 is 0 Å². The maximum atomic E-state index is 11.4. The molecule has 0 saturated carbocycles. The second-order valence-corrected chi connectivity index (χ2v) is 5.09. The third-order valence-corrected chi connectivity index (χ3v) is 3.14. The van der Waals surface area contributed by atoms with Gasteiger partial charge in [0.1, 0.15) is 12.4 Å². The lowest BCUT2D eigenvalue weighted by molar-refractivity contribution is -0.137. The van der Waals surface area contributed by atoms with E-state index in [0.717, 1.165) is 22.8 Å². The van der Waals surface area contributed by atoms with Gasteiger partial charge in [-0.3, -0.25) is 0 Å². The molecule has 0 amide bonds. The third kappa shape index (κ3) is 6.91. The molecule has 0 heterocycles. The van der Waals surface area contributed by atoms with Crippen molar-refractivity contribution in [2.24, 2.45) is 0 Å². The number of hydrogen-bond donors (Lipinski definition) is 0. The molecule has 104 valence electrons. The topological polar surface area (TPSA) is 35.5 Å². The van der Waals surface area contributed by atoms with Crippen LogP contribution >= 0.6 is 11.8 Å². The van der Waals surface area contributed by atoms with Crippen molar-refractivity contribution in [3.05, 3.63) is 35.9 Å². The van der Waals surface area contributed by atoms with Crippen LogP contribution in [0.15, 0.2) is 30.3 Å². The fourth-order valence-electron chi connectivity index (χ4n) is 1.40. The van der Waals surface area contributed by atoms with Crippen LogP contribution in [0.5, 0.6) is 5.75 Å². The maximum Gasteiger partial charge on any atom is 0.330 e. The van der Waals surface area contributed by atoms with Gasteiger partial charge in [-0.05, 0) is 36.4 Å². The van der Waals surface area contributed by atoms with E-state index in [0.29, 0.717) is 13.2 Å². The molecule has 0 aliphatic carbocycles. The lowest BCUT2D eigenvalue weighted by Gasteiger charge is -2.02. The van der Waals surface area contributed by atoms with Crippen molar-refractivity contribution in [3.63, 3.8) is 0 Å². The normalized spacial score (nSPS) is 10.6. The largest absolute Gasteiger partial charge is 0.494 e. The summed E-state index contributed by atoms with van der Waals surface area (Å²) in [7, 11) is 0. The molecule has 1 aromatic rings. The molecule has 19 heavy (non-hydrogen) atoms. The van der Waals surface area contributed by atoms with Gasteiger partial charge >= 0.3 is 5.97 Å². The number of ether oxygens (including phenoxy) is 2. The van der Waals surface area contributed by atoms with Crippen molar-refractivity contribution in [1.82, 2.24) is 0 Å². The summed E-state index contributed by atoms with van der Waals surface area (Å²) in [5.74, 6) is 2.42. The second-order valence-electron chi connectivity index (χ2n) is 3.70. The minimum Gasteiger partial charge on any atom is -0.494 e. The van der Waals surface area contributed by atoms with Crippen LogP contribution in [0.3, 0.4) is 0 Å². The van der Waals surface area contributed by atoms with Crippen molar-refractivity contribution in [3.8, 4) is 5.75 Å². The number of thioether (sulfide) groups is 1. The first-order valence-corrected chi connectivity index (χ1v) is 7.57. The fourth-order valence-corrected chi connectivity index (χ4v) is 1.89. The van der Waals surface area contributed by atoms with Crippen LogP contribution in [0.2, 0.25) is 0 Å². The Morgan fingerprint density at radius 3 is 2.63 bits per heavy atom. The molecule has 0 radical (unpaired) electrons. The lowest BCUT2D eigenvalue weighted by atomic mass is 10.2. The summed E-state index contributed by atoms with van der Waals surface area (Å²) in [6.45, 7) is 5.14. The Labute approximate surface area is 119 Å². The standard InChI is InChI=1S/C15H20O3S/c1-3-17-14-8-5-13(6-9-14)7-10-15(16)18-11-12-19-4-2/h5-10H,3-4,11-12H2,1-2H3. The summed E-state index contributed by atoms with van der Waals surface area (Å²) in [5.41, 5.74) is 0.948. The summed E-state index contributed by atoms with van der Waals surface area (Å²) >= 11 is 1.76. The van der Waals surface area contributed by atoms with Crippen LogP contribution in [0.1, 0.15) is 19.4 Å². The highest BCUT2D eigenvalue weighted by molar-refractivity contribution is 7.99. The minimum atomic E-state index is -0.300. The molecule has 1 aromatic carbocycles. The van der Waals surface area contributed by atoms with Crippen LogP contribution in [0, 0.1) is 0 Å². The van der Waals surface area contributed by atoms with Crippen molar-refractivity contribution in [2.75, 3.05) is 24.7 Å². The smallest absolute Gasteiger partial charge is 0.330 e. The summed E-state index contributed by atoms with van der Waals surface area (Å²) < 4.78 is 10.4. The molecular weight excluding hydrogens is 260 g/mol. The molecule has 0 spiro atoms. The highest BCUT2D eigenvalue weighted by Gasteiger charge is 1.97. The Kier molecular flexibility index (Phi) is 7.82. The Hall–Kier alpha value is -1.42. The molecule has 4 heteroatoms. The predicted octanol–water partition coefficient (Wildman–Crippen LogP) is 3.39. The molecule has 0 saturated heterocycles. The van der Waals surface area contributed by atoms with Gasteiger partial charge in [-0.15, -0.1) is 0 Å². The highest BCUT2D eigenvalue weighted by atomic mass is 32.2. The minimum absolute atomic E-state index is 0.300. The summed E-state index contributed by atoms with van der Waals surface area (Å²) in [6, 6.07) is 7.57. The van der Waals surface area contributed by atoms with E-state index in [2.05, 4.69) is 6.92 Å². The molecule has 0 fully saturated rings. The summed E-state index contributed by atoms with van der Waals surface area (Å²) in [4.78, 5) is 11.4. The monoisotopic (exact) mass is 280 g/mol. The van der Waals surface area contributed by atoms with Gasteiger partial charge in [0, 0.05) is 11.8 Å². The first-order valence-electron chi connectivity index (χ1n) is 6.41. The van der Waals surface area contributed by atoms with Gasteiger partial charge < -0.3 is 9.47 Å². The van der Waals surface area contributed by atoms with E-state index in [1.54, 1.807) is 17.8 Å². The van der Waals surface area contributed by atoms with Crippen molar-refractivity contribution in [1.29, 1.82) is 0 Å². The van der Waals surface area contributed by atoms with Gasteiger partial charge in [0.25, 0.3) is 0 Å². The van der Waals surface area contributed by atoms with Crippen LogP contribution in [0.4, 0.5) is 0 Å². The first-order chi connectivity index (χ1) is 9.26. The van der Waals surface area contributed by atoms with E-state index < -0.39 is 0 Å². The average molecular weight is 280 g/mol. The van der Waals surface area contributed by atoms with E-state index in [9.17, 15) is 4.79 Å². The van der Waals surface area contributed by atoms with E-state index in [1.165, 1.54) is 6.08 Å². The molecule has 0 N–H and O–H groups in total. The highest BCUT2D eigenvalue weighted by Crippen LogP contribution is 2.13. The molecular formula is C15H20O3S. The number of esters is 1. The Morgan fingerprint density at radius 1 is 1.26 bits per heavy atom. The van der Waals surface area contributed by atoms with E-state index in [-0.39, 0.29) is 5.97 Å². The van der Waals surface area contributed by atoms with Crippen molar-refractivity contribution < 1.29 is 14.3 Å². The quantitative estimate of drug-likeness (QED) is 0.415. The molecule has 0 atom stereocenters. The zero-order chi connectivity index (χ0) is 13.9. The Morgan fingerprint density at radius 2 is 2.00 bits per heavy atom. The zero-order valence-corrected chi connectivity index (χ0v) is 12.2. The average Bonchev–Trinajstić information content (AvgIpc) is 2.43. The fraction of sp³-hybridized carbons (Fsp3) is 0.400. The second kappa shape index (κ2) is 9.50. The molecule has 0 aliphatic rings. The zero-order valence-electron chi connectivity index (χ0n) is 11.4. The SMILES string of the molecule is CCOc1ccc(C=CC(=O)OCCSCC)cc1.